The number of rotatable bonds is 4. The number of amides is 1. The van der Waals surface area contributed by atoms with Crippen molar-refractivity contribution in [3.8, 4) is 6.07 Å². The van der Waals surface area contributed by atoms with E-state index in [1.54, 1.807) is 0 Å². The molecule has 0 unspecified atom stereocenters. The van der Waals surface area contributed by atoms with E-state index in [0.29, 0.717) is 17.7 Å². The van der Waals surface area contributed by atoms with Crippen molar-refractivity contribution in [1.82, 2.24) is 4.90 Å². The van der Waals surface area contributed by atoms with Crippen molar-refractivity contribution in [1.29, 1.82) is 5.26 Å². The second-order valence-corrected chi connectivity index (χ2v) is 4.72. The first kappa shape index (κ1) is 15.5. The van der Waals surface area contributed by atoms with Gasteiger partial charge in [0.2, 0.25) is 0 Å². The monoisotopic (exact) mass is 274 g/mol. The van der Waals surface area contributed by atoms with Crippen molar-refractivity contribution in [2.75, 3.05) is 6.54 Å². The molecule has 0 aliphatic heterocycles. The Kier molecular flexibility index (Phi) is 5.40. The van der Waals surface area contributed by atoms with Crippen LogP contribution < -0.4 is 0 Å². The van der Waals surface area contributed by atoms with Crippen LogP contribution in [-0.2, 0) is 4.79 Å². The van der Waals surface area contributed by atoms with Crippen LogP contribution in [0.3, 0.4) is 0 Å². The molecule has 1 atom stereocenters. The van der Waals surface area contributed by atoms with E-state index in [1.165, 1.54) is 6.08 Å². The molecule has 1 rings (SSSR count). The molecule has 1 fully saturated rings. The van der Waals surface area contributed by atoms with E-state index in [1.807, 2.05) is 6.07 Å². The SMILES string of the molecule is C=CCN(C(=O)C(F)(F)F)[C@H](C#N)C1CCCCC1. The van der Waals surface area contributed by atoms with Crippen molar-refractivity contribution < 1.29 is 18.0 Å². The minimum absolute atomic E-state index is 0.176. The molecule has 0 N–H and O–H groups in total. The number of alkyl halides is 3. The highest BCUT2D eigenvalue weighted by Gasteiger charge is 2.45. The minimum Gasteiger partial charge on any atom is -0.315 e. The molecule has 0 spiro atoms. The molecule has 1 amide bonds. The second-order valence-electron chi connectivity index (χ2n) is 4.72. The van der Waals surface area contributed by atoms with E-state index in [4.69, 9.17) is 5.26 Å². The van der Waals surface area contributed by atoms with E-state index < -0.39 is 18.1 Å². The van der Waals surface area contributed by atoms with Crippen LogP contribution >= 0.6 is 0 Å². The Morgan fingerprint density at radius 1 is 1.42 bits per heavy atom. The van der Waals surface area contributed by atoms with Gasteiger partial charge in [0, 0.05) is 6.54 Å². The van der Waals surface area contributed by atoms with E-state index in [9.17, 15) is 18.0 Å². The maximum absolute atomic E-state index is 12.6. The van der Waals surface area contributed by atoms with Crippen LogP contribution in [0.2, 0.25) is 0 Å². The maximum Gasteiger partial charge on any atom is 0.471 e. The molecule has 0 saturated heterocycles. The molecule has 0 aromatic heterocycles. The van der Waals surface area contributed by atoms with Gasteiger partial charge >= 0.3 is 12.1 Å². The number of nitrogens with zero attached hydrogens (tertiary/aromatic N) is 2. The zero-order valence-corrected chi connectivity index (χ0v) is 10.6. The fourth-order valence-electron chi connectivity index (χ4n) is 2.50. The summed E-state index contributed by atoms with van der Waals surface area (Å²) in [6.45, 7) is 3.10. The predicted molar refractivity (Wildman–Crippen MR) is 63.9 cm³/mol. The van der Waals surface area contributed by atoms with Gasteiger partial charge in [0.25, 0.3) is 0 Å². The first-order chi connectivity index (χ1) is 8.91. The average molecular weight is 274 g/mol. The molecule has 0 radical (unpaired) electrons. The first-order valence-corrected chi connectivity index (χ1v) is 6.30. The van der Waals surface area contributed by atoms with Crippen LogP contribution in [0.15, 0.2) is 12.7 Å². The lowest BCUT2D eigenvalue weighted by atomic mass is 9.83. The Morgan fingerprint density at radius 2 is 2.00 bits per heavy atom. The van der Waals surface area contributed by atoms with Crippen molar-refractivity contribution >= 4 is 5.91 Å². The topological polar surface area (TPSA) is 44.1 Å². The van der Waals surface area contributed by atoms with Gasteiger partial charge in [-0.15, -0.1) is 6.58 Å². The Balaban J connectivity index is 2.91. The van der Waals surface area contributed by atoms with Crippen molar-refractivity contribution in [2.45, 2.75) is 44.3 Å². The quantitative estimate of drug-likeness (QED) is 0.740. The summed E-state index contributed by atoms with van der Waals surface area (Å²) < 4.78 is 37.7. The van der Waals surface area contributed by atoms with Crippen LogP contribution in [-0.4, -0.2) is 29.6 Å². The molecule has 1 aliphatic carbocycles. The normalized spacial score (nSPS) is 18.4. The van der Waals surface area contributed by atoms with Crippen molar-refractivity contribution in [2.24, 2.45) is 5.92 Å². The Bertz CT molecular complexity index is 367. The third-order valence-electron chi connectivity index (χ3n) is 3.39. The molecule has 6 heteroatoms. The molecular formula is C13H17F3N2O. The number of nitriles is 1. The van der Waals surface area contributed by atoms with E-state index in [0.717, 1.165) is 19.3 Å². The fourth-order valence-corrected chi connectivity index (χ4v) is 2.50. The molecule has 0 bridgehead atoms. The highest BCUT2D eigenvalue weighted by molar-refractivity contribution is 5.82. The van der Waals surface area contributed by atoms with Gasteiger partial charge in [-0.1, -0.05) is 25.3 Å². The van der Waals surface area contributed by atoms with Crippen molar-refractivity contribution in [3.05, 3.63) is 12.7 Å². The third-order valence-corrected chi connectivity index (χ3v) is 3.39. The zero-order valence-electron chi connectivity index (χ0n) is 10.6. The predicted octanol–water partition coefficient (Wildman–Crippen LogP) is 3.04. The Labute approximate surface area is 110 Å². The van der Waals surface area contributed by atoms with Crippen molar-refractivity contribution in [3.63, 3.8) is 0 Å². The maximum atomic E-state index is 12.6. The number of hydrogen-bond acceptors (Lipinski definition) is 2. The van der Waals surface area contributed by atoms with Crippen LogP contribution in [0.1, 0.15) is 32.1 Å². The summed E-state index contributed by atoms with van der Waals surface area (Å²) in [4.78, 5) is 12.0. The van der Waals surface area contributed by atoms with Gasteiger partial charge in [-0.2, -0.15) is 18.4 Å². The molecule has 106 valence electrons. The largest absolute Gasteiger partial charge is 0.471 e. The van der Waals surface area contributed by atoms with Gasteiger partial charge in [-0.25, -0.2) is 0 Å². The molecule has 3 nitrogen and oxygen atoms in total. The summed E-state index contributed by atoms with van der Waals surface area (Å²) >= 11 is 0. The van der Waals surface area contributed by atoms with Gasteiger partial charge in [0.05, 0.1) is 6.07 Å². The Morgan fingerprint density at radius 3 is 2.42 bits per heavy atom. The molecule has 0 aromatic rings. The lowest BCUT2D eigenvalue weighted by Crippen LogP contribution is -2.49. The second kappa shape index (κ2) is 6.60. The lowest BCUT2D eigenvalue weighted by Gasteiger charge is -2.34. The smallest absolute Gasteiger partial charge is 0.315 e. The average Bonchev–Trinajstić information content (AvgIpc) is 2.38. The molecular weight excluding hydrogens is 257 g/mol. The number of halogens is 3. The van der Waals surface area contributed by atoms with Crippen LogP contribution in [0.25, 0.3) is 0 Å². The van der Waals surface area contributed by atoms with Gasteiger partial charge < -0.3 is 4.90 Å². The summed E-state index contributed by atoms with van der Waals surface area (Å²) in [6.07, 6.45) is 0.469. The number of carbonyl (C=O) groups is 1. The summed E-state index contributed by atoms with van der Waals surface area (Å²) in [5.41, 5.74) is 0. The Hall–Kier alpha value is -1.51. The fraction of sp³-hybridized carbons (Fsp3) is 0.692. The van der Waals surface area contributed by atoms with E-state index in [-0.39, 0.29) is 12.5 Å². The standard InChI is InChI=1S/C13H17F3N2O/c1-2-8-18(12(19)13(14,15)16)11(9-17)10-6-4-3-5-7-10/h2,10-11H,1,3-8H2/t11-/m1/s1. The minimum atomic E-state index is -4.95. The van der Waals surface area contributed by atoms with Gasteiger partial charge in [-0.3, -0.25) is 4.79 Å². The number of hydrogen-bond donors (Lipinski definition) is 0. The van der Waals surface area contributed by atoms with Crippen LogP contribution in [0, 0.1) is 17.2 Å². The van der Waals surface area contributed by atoms with E-state index in [2.05, 4.69) is 6.58 Å². The highest BCUT2D eigenvalue weighted by atomic mass is 19.4. The van der Waals surface area contributed by atoms with Crippen LogP contribution in [0.4, 0.5) is 13.2 Å². The summed E-state index contributed by atoms with van der Waals surface area (Å²) in [7, 11) is 0. The molecule has 1 aliphatic rings. The van der Waals surface area contributed by atoms with Gasteiger partial charge in [0.1, 0.15) is 6.04 Å². The first-order valence-electron chi connectivity index (χ1n) is 6.30. The number of carbonyl (C=O) groups excluding carboxylic acids is 1. The zero-order chi connectivity index (χ0) is 14.5. The van der Waals surface area contributed by atoms with E-state index >= 15 is 0 Å². The van der Waals surface area contributed by atoms with Gasteiger partial charge in [-0.05, 0) is 18.8 Å². The summed E-state index contributed by atoms with van der Waals surface area (Å²) in [5, 5.41) is 9.14. The molecule has 0 heterocycles. The summed E-state index contributed by atoms with van der Waals surface area (Å²) in [5.74, 6) is -2.13. The molecule has 1 saturated carbocycles. The summed E-state index contributed by atoms with van der Waals surface area (Å²) in [6, 6.07) is 0.846. The molecule has 19 heavy (non-hydrogen) atoms. The lowest BCUT2D eigenvalue weighted by molar-refractivity contribution is -0.187. The van der Waals surface area contributed by atoms with Crippen LogP contribution in [0.5, 0.6) is 0 Å². The molecule has 0 aromatic carbocycles. The highest BCUT2D eigenvalue weighted by Crippen LogP contribution is 2.30. The third kappa shape index (κ3) is 3.98. The van der Waals surface area contributed by atoms with Gasteiger partial charge in [0.15, 0.2) is 0 Å².